The largest absolute Gasteiger partial charge is 0.343 e. The van der Waals surface area contributed by atoms with Crippen LogP contribution in [0.15, 0.2) is 28.8 Å². The zero-order valence-corrected chi connectivity index (χ0v) is 13.8. The second-order valence-corrected chi connectivity index (χ2v) is 6.23. The molecule has 0 bridgehead atoms. The third-order valence-electron chi connectivity index (χ3n) is 4.38. The molecule has 5 nitrogen and oxygen atoms in total. The number of carbonyl (C=O) groups is 1. The van der Waals surface area contributed by atoms with E-state index in [0.717, 1.165) is 37.9 Å². The third-order valence-corrected chi connectivity index (χ3v) is 4.38. The Morgan fingerprint density at radius 2 is 2.13 bits per heavy atom. The molecule has 0 aliphatic carbocycles. The van der Waals surface area contributed by atoms with Gasteiger partial charge in [0.15, 0.2) is 0 Å². The van der Waals surface area contributed by atoms with Crippen LogP contribution < -0.4 is 0 Å². The first-order chi connectivity index (χ1) is 11.2. The molecule has 0 spiro atoms. The molecule has 0 N–H and O–H groups in total. The van der Waals surface area contributed by atoms with Gasteiger partial charge in [0.25, 0.3) is 0 Å². The van der Waals surface area contributed by atoms with Crippen molar-refractivity contribution in [2.24, 2.45) is 0 Å². The van der Waals surface area contributed by atoms with Crippen molar-refractivity contribution in [3.05, 3.63) is 35.7 Å². The SMILES string of the molecule is CCCC(=O)N1CCC(c2nc(-c3cccc(C)c3)no2)CC1. The maximum absolute atomic E-state index is 11.9. The van der Waals surface area contributed by atoms with Gasteiger partial charge in [0.2, 0.25) is 17.6 Å². The van der Waals surface area contributed by atoms with Gasteiger partial charge >= 0.3 is 0 Å². The first-order valence-corrected chi connectivity index (χ1v) is 8.35. The van der Waals surface area contributed by atoms with Gasteiger partial charge in [-0.1, -0.05) is 35.8 Å². The number of carbonyl (C=O) groups excluding carboxylic acids is 1. The summed E-state index contributed by atoms with van der Waals surface area (Å²) in [4.78, 5) is 18.5. The number of nitrogens with zero attached hydrogens (tertiary/aromatic N) is 3. The summed E-state index contributed by atoms with van der Waals surface area (Å²) < 4.78 is 5.48. The molecule has 1 aromatic carbocycles. The van der Waals surface area contributed by atoms with Crippen molar-refractivity contribution in [3.8, 4) is 11.4 Å². The van der Waals surface area contributed by atoms with Crippen LogP contribution in [0.25, 0.3) is 11.4 Å². The fourth-order valence-corrected chi connectivity index (χ4v) is 3.05. The number of hydrogen-bond acceptors (Lipinski definition) is 4. The van der Waals surface area contributed by atoms with Crippen LogP contribution in [0, 0.1) is 6.92 Å². The van der Waals surface area contributed by atoms with Gasteiger partial charge in [-0.15, -0.1) is 0 Å². The van der Waals surface area contributed by atoms with Crippen molar-refractivity contribution >= 4 is 5.91 Å². The number of rotatable bonds is 4. The van der Waals surface area contributed by atoms with Gasteiger partial charge in [0, 0.05) is 31.0 Å². The molecule has 5 heteroatoms. The predicted octanol–water partition coefficient (Wildman–Crippen LogP) is 3.55. The molecule has 1 amide bonds. The summed E-state index contributed by atoms with van der Waals surface area (Å²) in [7, 11) is 0. The standard InChI is InChI=1S/C18H23N3O2/c1-3-5-16(22)21-10-8-14(9-11-21)18-19-17(20-23-18)15-7-4-6-13(2)12-15/h4,6-7,12,14H,3,5,8-11H2,1-2H3. The minimum atomic E-state index is 0.256. The number of hydrogen-bond donors (Lipinski definition) is 0. The van der Waals surface area contributed by atoms with E-state index in [1.807, 2.05) is 36.9 Å². The molecule has 3 rings (SSSR count). The van der Waals surface area contributed by atoms with Crippen LogP contribution in [0.5, 0.6) is 0 Å². The molecule has 122 valence electrons. The predicted molar refractivity (Wildman–Crippen MR) is 87.9 cm³/mol. The smallest absolute Gasteiger partial charge is 0.230 e. The second-order valence-electron chi connectivity index (χ2n) is 6.23. The third kappa shape index (κ3) is 3.60. The van der Waals surface area contributed by atoms with Gasteiger partial charge in [-0.05, 0) is 32.3 Å². The first kappa shape index (κ1) is 15.7. The lowest BCUT2D eigenvalue weighted by molar-refractivity contribution is -0.132. The van der Waals surface area contributed by atoms with Crippen molar-refractivity contribution in [1.29, 1.82) is 0 Å². The molecule has 0 radical (unpaired) electrons. The lowest BCUT2D eigenvalue weighted by atomic mass is 9.96. The monoisotopic (exact) mass is 313 g/mol. The summed E-state index contributed by atoms with van der Waals surface area (Å²) in [6, 6.07) is 8.10. The summed E-state index contributed by atoms with van der Waals surface area (Å²) in [5, 5.41) is 4.12. The van der Waals surface area contributed by atoms with Crippen molar-refractivity contribution in [2.45, 2.75) is 45.4 Å². The molecule has 1 fully saturated rings. The van der Waals surface area contributed by atoms with E-state index in [-0.39, 0.29) is 11.8 Å². The number of benzene rings is 1. The second kappa shape index (κ2) is 6.94. The average molecular weight is 313 g/mol. The van der Waals surface area contributed by atoms with Gasteiger partial charge < -0.3 is 9.42 Å². The highest BCUT2D eigenvalue weighted by Gasteiger charge is 2.27. The van der Waals surface area contributed by atoms with Gasteiger partial charge in [0.05, 0.1) is 0 Å². The minimum absolute atomic E-state index is 0.256. The van der Waals surface area contributed by atoms with Crippen molar-refractivity contribution in [2.75, 3.05) is 13.1 Å². The van der Waals surface area contributed by atoms with Crippen LogP contribution in [0.2, 0.25) is 0 Å². The molecule has 2 aromatic rings. The Balaban J connectivity index is 1.65. The molecule has 2 heterocycles. The maximum Gasteiger partial charge on any atom is 0.230 e. The van der Waals surface area contributed by atoms with Crippen molar-refractivity contribution < 1.29 is 9.32 Å². The molecule has 23 heavy (non-hydrogen) atoms. The zero-order chi connectivity index (χ0) is 16.2. The maximum atomic E-state index is 11.9. The zero-order valence-electron chi connectivity index (χ0n) is 13.8. The van der Waals surface area contributed by atoms with Crippen LogP contribution >= 0.6 is 0 Å². The number of amides is 1. The molecule has 1 saturated heterocycles. The van der Waals surface area contributed by atoms with Crippen molar-refractivity contribution in [3.63, 3.8) is 0 Å². The molecule has 0 atom stereocenters. The topological polar surface area (TPSA) is 59.2 Å². The lowest BCUT2D eigenvalue weighted by Crippen LogP contribution is -2.37. The molecule has 0 saturated carbocycles. The van der Waals surface area contributed by atoms with E-state index in [9.17, 15) is 4.79 Å². The normalized spacial score (nSPS) is 15.8. The van der Waals surface area contributed by atoms with E-state index in [0.29, 0.717) is 18.1 Å². The van der Waals surface area contributed by atoms with E-state index in [1.54, 1.807) is 0 Å². The van der Waals surface area contributed by atoms with Crippen LogP contribution in [-0.4, -0.2) is 34.0 Å². The van der Waals surface area contributed by atoms with Gasteiger partial charge in [-0.3, -0.25) is 4.79 Å². The van der Waals surface area contributed by atoms with Crippen LogP contribution in [0.1, 0.15) is 50.0 Å². The summed E-state index contributed by atoms with van der Waals surface area (Å²) in [5.74, 6) is 1.86. The molecule has 1 aliphatic rings. The molecular weight excluding hydrogens is 290 g/mol. The first-order valence-electron chi connectivity index (χ1n) is 8.35. The van der Waals surface area contributed by atoms with E-state index in [1.165, 1.54) is 5.56 Å². The molecular formula is C18H23N3O2. The van der Waals surface area contributed by atoms with Crippen molar-refractivity contribution in [1.82, 2.24) is 15.0 Å². The lowest BCUT2D eigenvalue weighted by Gasteiger charge is -2.30. The molecule has 1 aliphatic heterocycles. The average Bonchev–Trinajstić information content (AvgIpc) is 3.05. The number of likely N-dealkylation sites (tertiary alicyclic amines) is 1. The van der Waals surface area contributed by atoms with Gasteiger partial charge in [0.1, 0.15) is 0 Å². The van der Waals surface area contributed by atoms with Gasteiger partial charge in [-0.2, -0.15) is 4.98 Å². The summed E-state index contributed by atoms with van der Waals surface area (Å²) in [5.41, 5.74) is 2.16. The van der Waals surface area contributed by atoms with E-state index in [2.05, 4.69) is 16.2 Å². The summed E-state index contributed by atoms with van der Waals surface area (Å²) in [6.45, 7) is 5.65. The Bertz CT molecular complexity index is 672. The Hall–Kier alpha value is -2.17. The summed E-state index contributed by atoms with van der Waals surface area (Å²) >= 11 is 0. The Kier molecular flexibility index (Phi) is 4.74. The number of piperidine rings is 1. The molecule has 1 aromatic heterocycles. The van der Waals surface area contributed by atoms with Gasteiger partial charge in [-0.25, -0.2) is 0 Å². The fraction of sp³-hybridized carbons (Fsp3) is 0.500. The quantitative estimate of drug-likeness (QED) is 0.866. The van der Waals surface area contributed by atoms with E-state index < -0.39 is 0 Å². The van der Waals surface area contributed by atoms with E-state index >= 15 is 0 Å². The Morgan fingerprint density at radius 1 is 1.35 bits per heavy atom. The van der Waals surface area contributed by atoms with E-state index in [4.69, 9.17) is 4.52 Å². The minimum Gasteiger partial charge on any atom is -0.343 e. The summed E-state index contributed by atoms with van der Waals surface area (Å²) in [6.07, 6.45) is 3.33. The molecule has 0 unspecified atom stereocenters. The highest BCUT2D eigenvalue weighted by molar-refractivity contribution is 5.76. The van der Waals surface area contributed by atoms with Crippen LogP contribution in [0.3, 0.4) is 0 Å². The highest BCUT2D eigenvalue weighted by atomic mass is 16.5. The van der Waals surface area contributed by atoms with Crippen LogP contribution in [-0.2, 0) is 4.79 Å². The number of aryl methyl sites for hydroxylation is 1. The highest BCUT2D eigenvalue weighted by Crippen LogP contribution is 2.29. The Labute approximate surface area is 136 Å². The van der Waals surface area contributed by atoms with Crippen LogP contribution in [0.4, 0.5) is 0 Å². The Morgan fingerprint density at radius 3 is 2.83 bits per heavy atom. The fourth-order valence-electron chi connectivity index (χ4n) is 3.05. The number of aromatic nitrogens is 2.